The number of non-ortho nitro benzene ring substituents is 1. The van der Waals surface area contributed by atoms with Crippen molar-refractivity contribution in [3.8, 4) is 6.07 Å². The second-order valence-corrected chi connectivity index (χ2v) is 5.59. The number of rotatable bonds is 2. The average molecular weight is 315 g/mol. The van der Waals surface area contributed by atoms with Crippen molar-refractivity contribution in [1.82, 2.24) is 10.6 Å². The van der Waals surface area contributed by atoms with Crippen LogP contribution >= 0.6 is 0 Å². The van der Waals surface area contributed by atoms with Crippen molar-refractivity contribution in [3.63, 3.8) is 0 Å². The molecule has 3 amide bonds. The molecular weight excluding hydrogens is 302 g/mol. The van der Waals surface area contributed by atoms with Gasteiger partial charge in [-0.3, -0.25) is 20.2 Å². The first-order valence-corrected chi connectivity index (χ1v) is 7.02. The van der Waals surface area contributed by atoms with E-state index in [9.17, 15) is 25.0 Å². The molecule has 2 N–H and O–H groups in total. The Morgan fingerprint density at radius 2 is 2.17 bits per heavy atom. The van der Waals surface area contributed by atoms with E-state index in [1.165, 1.54) is 18.2 Å². The molecule has 2 saturated heterocycles. The van der Waals surface area contributed by atoms with E-state index in [-0.39, 0.29) is 23.7 Å². The van der Waals surface area contributed by atoms with Crippen LogP contribution in [0.4, 0.5) is 16.2 Å². The molecule has 1 atom stereocenters. The highest BCUT2D eigenvalue weighted by Gasteiger charge is 2.48. The van der Waals surface area contributed by atoms with Crippen molar-refractivity contribution < 1.29 is 14.5 Å². The summed E-state index contributed by atoms with van der Waals surface area (Å²) in [6.45, 7) is 0.814. The molecule has 2 aliphatic rings. The maximum atomic E-state index is 12.1. The number of carbonyl (C=O) groups excluding carboxylic acids is 2. The van der Waals surface area contributed by atoms with E-state index in [1.54, 1.807) is 4.90 Å². The van der Waals surface area contributed by atoms with E-state index >= 15 is 0 Å². The van der Waals surface area contributed by atoms with Crippen molar-refractivity contribution in [2.24, 2.45) is 0 Å². The molecule has 2 fully saturated rings. The van der Waals surface area contributed by atoms with Gasteiger partial charge in [-0.15, -0.1) is 0 Å². The summed E-state index contributed by atoms with van der Waals surface area (Å²) in [6, 6.07) is 5.47. The normalized spacial score (nSPS) is 23.3. The maximum absolute atomic E-state index is 12.1. The number of amides is 3. The minimum atomic E-state index is -1.01. The van der Waals surface area contributed by atoms with E-state index in [4.69, 9.17) is 0 Å². The molecule has 9 nitrogen and oxygen atoms in total. The van der Waals surface area contributed by atoms with Crippen LogP contribution in [0.1, 0.15) is 18.4 Å². The highest BCUT2D eigenvalue weighted by molar-refractivity contribution is 6.07. The average Bonchev–Trinajstić information content (AvgIpc) is 2.79. The van der Waals surface area contributed by atoms with Gasteiger partial charge in [-0.1, -0.05) is 0 Å². The van der Waals surface area contributed by atoms with Gasteiger partial charge in [-0.2, -0.15) is 5.26 Å². The first kappa shape index (κ1) is 14.8. The minimum absolute atomic E-state index is 0.163. The smallest absolute Gasteiger partial charge is 0.322 e. The van der Waals surface area contributed by atoms with Gasteiger partial charge < -0.3 is 10.2 Å². The van der Waals surface area contributed by atoms with Crippen molar-refractivity contribution >= 4 is 23.3 Å². The Bertz CT molecular complexity index is 756. The van der Waals surface area contributed by atoms with Crippen LogP contribution in [0.15, 0.2) is 18.2 Å². The predicted molar refractivity (Wildman–Crippen MR) is 78.7 cm³/mol. The molecule has 3 rings (SSSR count). The summed E-state index contributed by atoms with van der Waals surface area (Å²) in [5.41, 5.74) is -0.486. The Morgan fingerprint density at radius 3 is 2.78 bits per heavy atom. The van der Waals surface area contributed by atoms with Crippen LogP contribution in [0.5, 0.6) is 0 Å². The number of hydrogen-bond acceptors (Lipinski definition) is 6. The lowest BCUT2D eigenvalue weighted by atomic mass is 9.88. The van der Waals surface area contributed by atoms with Crippen LogP contribution in [0.2, 0.25) is 0 Å². The van der Waals surface area contributed by atoms with Crippen LogP contribution in [0, 0.1) is 21.4 Å². The lowest BCUT2D eigenvalue weighted by Crippen LogP contribution is -2.58. The Balaban J connectivity index is 1.93. The number of nitro groups is 1. The van der Waals surface area contributed by atoms with Gasteiger partial charge in [0.05, 0.1) is 22.7 Å². The number of nitro benzene ring substituents is 1. The molecule has 1 aromatic carbocycles. The fraction of sp³-hybridized carbons (Fsp3) is 0.357. The van der Waals surface area contributed by atoms with Gasteiger partial charge in [0.2, 0.25) is 0 Å². The number of hydrogen-bond donors (Lipinski definition) is 2. The monoisotopic (exact) mass is 315 g/mol. The number of imide groups is 1. The zero-order valence-corrected chi connectivity index (χ0v) is 12.0. The van der Waals surface area contributed by atoms with Gasteiger partial charge in [-0.05, 0) is 18.9 Å². The SMILES string of the molecule is N#Cc1cc([N+](=O)[O-])ccc1N1CCCC2(C1)NC(=O)NC2=O. The zero-order chi connectivity index (χ0) is 16.6. The third-order valence-corrected chi connectivity index (χ3v) is 4.16. The molecule has 0 aromatic heterocycles. The van der Waals surface area contributed by atoms with Crippen molar-refractivity contribution in [2.75, 3.05) is 18.0 Å². The molecule has 0 radical (unpaired) electrons. The minimum Gasteiger partial charge on any atom is -0.368 e. The third-order valence-electron chi connectivity index (χ3n) is 4.16. The first-order chi connectivity index (χ1) is 10.9. The highest BCUT2D eigenvalue weighted by atomic mass is 16.6. The number of benzene rings is 1. The summed E-state index contributed by atoms with van der Waals surface area (Å²) in [4.78, 5) is 35.5. The molecule has 118 valence electrons. The summed E-state index contributed by atoms with van der Waals surface area (Å²) < 4.78 is 0. The van der Waals surface area contributed by atoms with Gasteiger partial charge in [0.1, 0.15) is 11.6 Å². The van der Waals surface area contributed by atoms with Gasteiger partial charge >= 0.3 is 6.03 Å². The van der Waals surface area contributed by atoms with E-state index in [1.807, 2.05) is 6.07 Å². The quantitative estimate of drug-likeness (QED) is 0.468. The van der Waals surface area contributed by atoms with Crippen LogP contribution in [0.3, 0.4) is 0 Å². The highest BCUT2D eigenvalue weighted by Crippen LogP contribution is 2.31. The molecule has 1 aromatic rings. The number of piperidine rings is 1. The Morgan fingerprint density at radius 1 is 1.39 bits per heavy atom. The molecule has 1 spiro atoms. The van der Waals surface area contributed by atoms with E-state index in [0.717, 1.165) is 0 Å². The molecule has 2 heterocycles. The first-order valence-electron chi connectivity index (χ1n) is 7.02. The summed E-state index contributed by atoms with van der Waals surface area (Å²) in [6.07, 6.45) is 1.16. The summed E-state index contributed by atoms with van der Waals surface area (Å²) in [7, 11) is 0. The zero-order valence-electron chi connectivity index (χ0n) is 12.0. The van der Waals surface area contributed by atoms with E-state index in [0.29, 0.717) is 25.1 Å². The number of urea groups is 1. The van der Waals surface area contributed by atoms with E-state index < -0.39 is 16.5 Å². The van der Waals surface area contributed by atoms with Crippen LogP contribution < -0.4 is 15.5 Å². The standard InChI is InChI=1S/C14H13N5O4/c15-7-9-6-10(19(22)23)2-3-11(9)18-5-1-4-14(8-18)12(20)16-13(21)17-14/h2-3,6H,1,4-5,8H2,(H2,16,17,20,21). The number of nitriles is 1. The van der Waals surface area contributed by atoms with E-state index in [2.05, 4.69) is 10.6 Å². The van der Waals surface area contributed by atoms with Gasteiger partial charge in [0.25, 0.3) is 11.6 Å². The molecule has 0 saturated carbocycles. The number of nitrogens with zero attached hydrogens (tertiary/aromatic N) is 3. The fourth-order valence-electron chi connectivity index (χ4n) is 3.08. The number of anilines is 1. The lowest BCUT2D eigenvalue weighted by Gasteiger charge is -2.39. The molecule has 0 bridgehead atoms. The summed E-state index contributed by atoms with van der Waals surface area (Å²) in [5, 5.41) is 25.0. The summed E-state index contributed by atoms with van der Waals surface area (Å²) in [5.74, 6) is -0.382. The Kier molecular flexibility index (Phi) is 3.37. The molecule has 1 unspecified atom stereocenters. The largest absolute Gasteiger partial charge is 0.368 e. The second kappa shape index (κ2) is 5.24. The van der Waals surface area contributed by atoms with Crippen molar-refractivity contribution in [1.29, 1.82) is 5.26 Å². The Labute approximate surface area is 131 Å². The number of carbonyl (C=O) groups is 2. The van der Waals surface area contributed by atoms with Gasteiger partial charge in [0.15, 0.2) is 0 Å². The van der Waals surface area contributed by atoms with Crippen LogP contribution in [-0.4, -0.2) is 35.5 Å². The summed E-state index contributed by atoms with van der Waals surface area (Å²) >= 11 is 0. The van der Waals surface area contributed by atoms with Crippen LogP contribution in [0.25, 0.3) is 0 Å². The van der Waals surface area contributed by atoms with Crippen molar-refractivity contribution in [2.45, 2.75) is 18.4 Å². The van der Waals surface area contributed by atoms with Crippen molar-refractivity contribution in [3.05, 3.63) is 33.9 Å². The number of nitrogens with one attached hydrogen (secondary N) is 2. The van der Waals surface area contributed by atoms with Gasteiger partial charge in [-0.25, -0.2) is 4.79 Å². The maximum Gasteiger partial charge on any atom is 0.322 e. The topological polar surface area (TPSA) is 128 Å². The molecule has 9 heteroatoms. The molecule has 23 heavy (non-hydrogen) atoms. The second-order valence-electron chi connectivity index (χ2n) is 5.59. The Hall–Kier alpha value is -3.15. The molecular formula is C14H13N5O4. The lowest BCUT2D eigenvalue weighted by molar-refractivity contribution is -0.384. The van der Waals surface area contributed by atoms with Crippen LogP contribution in [-0.2, 0) is 4.79 Å². The molecule has 2 aliphatic heterocycles. The predicted octanol–water partition coefficient (Wildman–Crippen LogP) is 0.645. The molecule has 0 aliphatic carbocycles. The third kappa shape index (κ3) is 2.44. The fourth-order valence-corrected chi connectivity index (χ4v) is 3.08. The van der Waals surface area contributed by atoms with Gasteiger partial charge in [0, 0.05) is 18.7 Å².